The zero-order chi connectivity index (χ0) is 14.2. The Hall–Kier alpha value is -2.69. The Kier molecular flexibility index (Phi) is 2.70. The van der Waals surface area contributed by atoms with Crippen LogP contribution in [0.4, 0.5) is 5.82 Å². The van der Waals surface area contributed by atoms with E-state index in [1.807, 2.05) is 30.7 Å². The average molecular weight is 277 g/mol. The molecule has 3 aromatic heterocycles. The molecule has 1 saturated carbocycles. The fraction of sp³-hybridized carbons (Fsp3) is 0.188. The van der Waals surface area contributed by atoms with Crippen LogP contribution in [0.15, 0.2) is 43.5 Å². The molecule has 21 heavy (non-hydrogen) atoms. The summed E-state index contributed by atoms with van der Waals surface area (Å²) in [5.74, 6) is 2.30. The number of H-pyrrole nitrogens is 1. The predicted molar refractivity (Wildman–Crippen MR) is 82.9 cm³/mol. The monoisotopic (exact) mass is 277 g/mol. The van der Waals surface area contributed by atoms with Gasteiger partial charge in [0.2, 0.25) is 0 Å². The average Bonchev–Trinajstić information content (AvgIpc) is 3.28. The first-order chi connectivity index (χ1) is 10.3. The van der Waals surface area contributed by atoms with Crippen molar-refractivity contribution in [2.24, 2.45) is 0 Å². The van der Waals surface area contributed by atoms with E-state index in [1.54, 1.807) is 6.20 Å². The maximum Gasteiger partial charge on any atom is 0.141 e. The van der Waals surface area contributed by atoms with Gasteiger partial charge in [-0.3, -0.25) is 0 Å². The largest absolute Gasteiger partial charge is 0.347 e. The van der Waals surface area contributed by atoms with E-state index in [2.05, 4.69) is 31.8 Å². The lowest BCUT2D eigenvalue weighted by molar-refractivity contribution is 0.943. The van der Waals surface area contributed by atoms with Crippen LogP contribution in [0.25, 0.3) is 22.2 Å². The number of hydrogen-bond acceptors (Lipinski definition) is 4. The zero-order valence-electron chi connectivity index (χ0n) is 11.5. The molecule has 0 unspecified atom stereocenters. The molecule has 0 spiro atoms. The smallest absolute Gasteiger partial charge is 0.141 e. The standard InChI is InChI=1S/C16H15N5/c1-2-17-14-6-5-11(7-18-14)12-8-20-16-13(12)9-19-15(21-16)10-3-4-10/h2,5-10H,1,3-4H2,(H,17,18)(H,19,20,21). The second-order valence-corrected chi connectivity index (χ2v) is 5.25. The van der Waals surface area contributed by atoms with Crippen molar-refractivity contribution in [1.82, 2.24) is 19.9 Å². The van der Waals surface area contributed by atoms with Crippen molar-refractivity contribution in [1.29, 1.82) is 0 Å². The summed E-state index contributed by atoms with van der Waals surface area (Å²) in [6.07, 6.45) is 9.75. The normalized spacial score (nSPS) is 14.3. The van der Waals surface area contributed by atoms with Gasteiger partial charge in [-0.15, -0.1) is 0 Å². The van der Waals surface area contributed by atoms with E-state index in [0.717, 1.165) is 33.8 Å². The second-order valence-electron chi connectivity index (χ2n) is 5.25. The summed E-state index contributed by atoms with van der Waals surface area (Å²) in [6, 6.07) is 3.95. The van der Waals surface area contributed by atoms with Gasteiger partial charge in [0.05, 0.1) is 0 Å². The van der Waals surface area contributed by atoms with Crippen molar-refractivity contribution < 1.29 is 0 Å². The lowest BCUT2D eigenvalue weighted by Gasteiger charge is -2.02. The van der Waals surface area contributed by atoms with E-state index >= 15 is 0 Å². The van der Waals surface area contributed by atoms with Gasteiger partial charge in [0.1, 0.15) is 17.3 Å². The first-order valence-corrected chi connectivity index (χ1v) is 7.03. The molecule has 2 N–H and O–H groups in total. The van der Waals surface area contributed by atoms with Crippen molar-refractivity contribution >= 4 is 16.9 Å². The Morgan fingerprint density at radius 2 is 2.14 bits per heavy atom. The number of aromatic nitrogens is 4. The molecule has 5 heteroatoms. The van der Waals surface area contributed by atoms with Crippen LogP contribution < -0.4 is 5.32 Å². The molecule has 0 atom stereocenters. The Bertz CT molecular complexity index is 799. The number of pyridine rings is 1. The molecule has 104 valence electrons. The van der Waals surface area contributed by atoms with Gasteiger partial charge in [0.15, 0.2) is 0 Å². The third-order valence-electron chi connectivity index (χ3n) is 3.72. The number of anilines is 1. The van der Waals surface area contributed by atoms with Crippen LogP contribution in [0.3, 0.4) is 0 Å². The number of fused-ring (bicyclic) bond motifs is 1. The molecule has 0 saturated heterocycles. The topological polar surface area (TPSA) is 66.5 Å². The summed E-state index contributed by atoms with van der Waals surface area (Å²) < 4.78 is 0. The number of hydrogen-bond donors (Lipinski definition) is 2. The Morgan fingerprint density at radius 3 is 2.86 bits per heavy atom. The van der Waals surface area contributed by atoms with Crippen LogP contribution in [-0.4, -0.2) is 19.9 Å². The van der Waals surface area contributed by atoms with Gasteiger partial charge in [0, 0.05) is 41.0 Å². The minimum atomic E-state index is 0.562. The van der Waals surface area contributed by atoms with Gasteiger partial charge in [-0.2, -0.15) is 0 Å². The highest BCUT2D eigenvalue weighted by atomic mass is 15.0. The lowest BCUT2D eigenvalue weighted by atomic mass is 10.1. The summed E-state index contributed by atoms with van der Waals surface area (Å²) >= 11 is 0. The second kappa shape index (κ2) is 4.70. The Balaban J connectivity index is 1.73. The van der Waals surface area contributed by atoms with Gasteiger partial charge in [-0.1, -0.05) is 6.58 Å². The first kappa shape index (κ1) is 12.1. The van der Waals surface area contributed by atoms with Gasteiger partial charge in [-0.25, -0.2) is 15.0 Å². The number of nitrogens with zero attached hydrogens (tertiary/aromatic N) is 3. The summed E-state index contributed by atoms with van der Waals surface area (Å²) in [6.45, 7) is 3.62. The fourth-order valence-electron chi connectivity index (χ4n) is 2.44. The lowest BCUT2D eigenvalue weighted by Crippen LogP contribution is -1.92. The molecule has 1 aliphatic rings. The van der Waals surface area contributed by atoms with E-state index in [1.165, 1.54) is 12.8 Å². The molecule has 0 bridgehead atoms. The summed E-state index contributed by atoms with van der Waals surface area (Å²) in [4.78, 5) is 16.7. The molecule has 1 fully saturated rings. The van der Waals surface area contributed by atoms with Gasteiger partial charge >= 0.3 is 0 Å². The van der Waals surface area contributed by atoms with Crippen LogP contribution >= 0.6 is 0 Å². The molecular weight excluding hydrogens is 262 g/mol. The molecule has 5 nitrogen and oxygen atoms in total. The van der Waals surface area contributed by atoms with Gasteiger partial charge in [0.25, 0.3) is 0 Å². The highest BCUT2D eigenvalue weighted by molar-refractivity contribution is 5.92. The molecular formula is C16H15N5. The van der Waals surface area contributed by atoms with Crippen LogP contribution in [-0.2, 0) is 0 Å². The van der Waals surface area contributed by atoms with E-state index in [4.69, 9.17) is 0 Å². The minimum absolute atomic E-state index is 0.562. The molecule has 3 aromatic rings. The molecule has 0 aliphatic heterocycles. The predicted octanol–water partition coefficient (Wildman–Crippen LogP) is 3.45. The van der Waals surface area contributed by atoms with E-state index < -0.39 is 0 Å². The van der Waals surface area contributed by atoms with Crippen molar-refractivity contribution in [2.45, 2.75) is 18.8 Å². The Morgan fingerprint density at radius 1 is 1.24 bits per heavy atom. The number of aromatic amines is 1. The summed E-state index contributed by atoms with van der Waals surface area (Å²) in [5, 5.41) is 4.00. The molecule has 4 rings (SSSR count). The van der Waals surface area contributed by atoms with Gasteiger partial charge < -0.3 is 10.3 Å². The highest BCUT2D eigenvalue weighted by Gasteiger charge is 2.26. The molecule has 1 aliphatic carbocycles. The van der Waals surface area contributed by atoms with E-state index in [-0.39, 0.29) is 0 Å². The summed E-state index contributed by atoms with van der Waals surface area (Å²) in [5.41, 5.74) is 3.01. The molecule has 3 heterocycles. The third kappa shape index (κ3) is 2.16. The zero-order valence-corrected chi connectivity index (χ0v) is 11.5. The maximum absolute atomic E-state index is 4.62. The SMILES string of the molecule is C=CNc1ccc(-c2c[nH]c3nc(C4CC4)ncc23)cn1. The number of rotatable bonds is 4. The quantitative estimate of drug-likeness (QED) is 0.766. The van der Waals surface area contributed by atoms with Crippen LogP contribution in [0.5, 0.6) is 0 Å². The van der Waals surface area contributed by atoms with Crippen LogP contribution in [0.1, 0.15) is 24.6 Å². The van der Waals surface area contributed by atoms with Crippen molar-refractivity contribution in [2.75, 3.05) is 5.32 Å². The molecule has 0 amide bonds. The van der Waals surface area contributed by atoms with Crippen LogP contribution in [0, 0.1) is 0 Å². The highest BCUT2D eigenvalue weighted by Crippen LogP contribution is 2.38. The third-order valence-corrected chi connectivity index (χ3v) is 3.72. The fourth-order valence-corrected chi connectivity index (χ4v) is 2.44. The van der Waals surface area contributed by atoms with E-state index in [0.29, 0.717) is 5.92 Å². The maximum atomic E-state index is 4.62. The van der Waals surface area contributed by atoms with Gasteiger partial charge in [-0.05, 0) is 31.2 Å². The minimum Gasteiger partial charge on any atom is -0.347 e. The van der Waals surface area contributed by atoms with Crippen molar-refractivity contribution in [3.05, 3.63) is 49.3 Å². The molecule has 0 aromatic carbocycles. The van der Waals surface area contributed by atoms with Crippen LogP contribution in [0.2, 0.25) is 0 Å². The summed E-state index contributed by atoms with van der Waals surface area (Å²) in [7, 11) is 0. The van der Waals surface area contributed by atoms with Crippen molar-refractivity contribution in [3.63, 3.8) is 0 Å². The first-order valence-electron chi connectivity index (χ1n) is 7.03. The number of nitrogens with one attached hydrogen (secondary N) is 2. The molecule has 0 radical (unpaired) electrons. The Labute approximate surface area is 122 Å². The van der Waals surface area contributed by atoms with E-state index in [9.17, 15) is 0 Å². The van der Waals surface area contributed by atoms with Crippen molar-refractivity contribution in [3.8, 4) is 11.1 Å².